The van der Waals surface area contributed by atoms with Gasteiger partial charge in [-0.1, -0.05) is 48.0 Å². The molecule has 0 spiro atoms. The third-order valence-electron chi connectivity index (χ3n) is 6.31. The van der Waals surface area contributed by atoms with Crippen molar-refractivity contribution in [1.82, 2.24) is 14.9 Å². The molecule has 0 unspecified atom stereocenters. The molecule has 2 aliphatic rings. The highest BCUT2D eigenvalue weighted by Gasteiger charge is 2.28. The minimum absolute atomic E-state index is 0.0855. The predicted molar refractivity (Wildman–Crippen MR) is 123 cm³/mol. The second-order valence-corrected chi connectivity index (χ2v) is 8.55. The molecule has 5 nitrogen and oxygen atoms in total. The summed E-state index contributed by atoms with van der Waals surface area (Å²) in [6, 6.07) is 18.1. The number of nitrogens with zero attached hydrogens (tertiary/aromatic N) is 4. The van der Waals surface area contributed by atoms with Crippen LogP contribution in [0.2, 0.25) is 0 Å². The number of benzene rings is 2. The first-order chi connectivity index (χ1) is 15.2. The molecule has 1 aromatic heterocycles. The summed E-state index contributed by atoms with van der Waals surface area (Å²) in [5.41, 5.74) is 5.16. The second-order valence-electron chi connectivity index (χ2n) is 8.55. The molecule has 5 heteroatoms. The number of hydrogen-bond donors (Lipinski definition) is 0. The maximum absolute atomic E-state index is 13.2. The Morgan fingerprint density at radius 3 is 2.35 bits per heavy atom. The number of carbonyl (C=O) groups is 1. The van der Waals surface area contributed by atoms with E-state index in [1.165, 1.54) is 19.3 Å². The van der Waals surface area contributed by atoms with Crippen LogP contribution in [0, 0.1) is 6.92 Å². The van der Waals surface area contributed by atoms with Crippen molar-refractivity contribution in [3.63, 3.8) is 0 Å². The Labute approximate surface area is 183 Å². The summed E-state index contributed by atoms with van der Waals surface area (Å²) in [6.45, 7) is 5.33. The van der Waals surface area contributed by atoms with Gasteiger partial charge in [0.05, 0.1) is 12.2 Å². The zero-order valence-electron chi connectivity index (χ0n) is 18.1. The molecule has 0 bridgehead atoms. The number of rotatable bonds is 3. The summed E-state index contributed by atoms with van der Waals surface area (Å²) in [4.78, 5) is 27.5. The third kappa shape index (κ3) is 4.05. The van der Waals surface area contributed by atoms with Gasteiger partial charge in [-0.05, 0) is 38.3 Å². The van der Waals surface area contributed by atoms with Crippen LogP contribution < -0.4 is 4.90 Å². The van der Waals surface area contributed by atoms with E-state index >= 15 is 0 Å². The van der Waals surface area contributed by atoms with Crippen LogP contribution in [0.1, 0.15) is 46.4 Å². The minimum Gasteiger partial charge on any atom is -0.356 e. The number of carbonyl (C=O) groups excluding carboxylic acids is 1. The molecule has 0 atom stereocenters. The lowest BCUT2D eigenvalue weighted by molar-refractivity contribution is 0.0733. The molecule has 0 N–H and O–H groups in total. The van der Waals surface area contributed by atoms with E-state index in [9.17, 15) is 4.79 Å². The van der Waals surface area contributed by atoms with Crippen LogP contribution in [0.4, 0.5) is 5.82 Å². The number of amides is 1. The van der Waals surface area contributed by atoms with Crippen LogP contribution in [-0.2, 0) is 13.0 Å². The fourth-order valence-corrected chi connectivity index (χ4v) is 4.53. The highest BCUT2D eigenvalue weighted by molar-refractivity contribution is 5.94. The van der Waals surface area contributed by atoms with E-state index < -0.39 is 0 Å². The number of hydrogen-bond acceptors (Lipinski definition) is 4. The van der Waals surface area contributed by atoms with Crippen molar-refractivity contribution >= 4 is 11.7 Å². The van der Waals surface area contributed by atoms with Crippen LogP contribution in [0.5, 0.6) is 0 Å². The smallest absolute Gasteiger partial charge is 0.254 e. The second kappa shape index (κ2) is 8.50. The van der Waals surface area contributed by atoms with Gasteiger partial charge in [0.15, 0.2) is 5.82 Å². The van der Waals surface area contributed by atoms with Crippen LogP contribution >= 0.6 is 0 Å². The van der Waals surface area contributed by atoms with Gasteiger partial charge in [0.2, 0.25) is 0 Å². The maximum atomic E-state index is 13.2. The lowest BCUT2D eigenvalue weighted by atomic mass is 10.0. The monoisotopic (exact) mass is 412 g/mol. The van der Waals surface area contributed by atoms with Gasteiger partial charge in [0, 0.05) is 42.7 Å². The molecular formula is C26H28N4O. The number of piperidine rings is 1. The Morgan fingerprint density at radius 2 is 1.61 bits per heavy atom. The van der Waals surface area contributed by atoms with Crippen molar-refractivity contribution in [2.75, 3.05) is 24.5 Å². The fraction of sp³-hybridized carbons (Fsp3) is 0.346. The van der Waals surface area contributed by atoms with Crippen molar-refractivity contribution < 1.29 is 4.79 Å². The summed E-state index contributed by atoms with van der Waals surface area (Å²) in [6.07, 6.45) is 4.40. The summed E-state index contributed by atoms with van der Waals surface area (Å²) in [5.74, 6) is 1.89. The summed E-state index contributed by atoms with van der Waals surface area (Å²) in [7, 11) is 0. The van der Waals surface area contributed by atoms with Crippen LogP contribution in [-0.4, -0.2) is 40.4 Å². The third-order valence-corrected chi connectivity index (χ3v) is 6.31. The summed E-state index contributed by atoms with van der Waals surface area (Å²) < 4.78 is 0. The van der Waals surface area contributed by atoms with Gasteiger partial charge in [-0.2, -0.15) is 0 Å². The average molecular weight is 413 g/mol. The normalized spacial score (nSPS) is 16.2. The van der Waals surface area contributed by atoms with E-state index in [0.29, 0.717) is 13.1 Å². The van der Waals surface area contributed by atoms with Gasteiger partial charge >= 0.3 is 0 Å². The quantitative estimate of drug-likeness (QED) is 0.629. The van der Waals surface area contributed by atoms with E-state index in [-0.39, 0.29) is 5.91 Å². The molecule has 31 heavy (non-hydrogen) atoms. The van der Waals surface area contributed by atoms with E-state index in [0.717, 1.165) is 59.1 Å². The van der Waals surface area contributed by atoms with Gasteiger partial charge in [-0.15, -0.1) is 0 Å². The van der Waals surface area contributed by atoms with Gasteiger partial charge in [-0.25, -0.2) is 9.97 Å². The number of aromatic nitrogens is 2. The molecule has 0 radical (unpaired) electrons. The van der Waals surface area contributed by atoms with E-state index in [2.05, 4.69) is 17.0 Å². The van der Waals surface area contributed by atoms with Gasteiger partial charge < -0.3 is 9.80 Å². The summed E-state index contributed by atoms with van der Waals surface area (Å²) in [5, 5.41) is 0. The lowest BCUT2D eigenvalue weighted by Crippen LogP contribution is -2.39. The fourth-order valence-electron chi connectivity index (χ4n) is 4.53. The first-order valence-corrected chi connectivity index (χ1v) is 11.2. The van der Waals surface area contributed by atoms with Crippen molar-refractivity contribution in [3.05, 3.63) is 77.0 Å². The molecule has 3 heterocycles. The summed E-state index contributed by atoms with van der Waals surface area (Å²) >= 11 is 0. The van der Waals surface area contributed by atoms with Crippen LogP contribution in [0.15, 0.2) is 54.6 Å². The molecule has 1 fully saturated rings. The Balaban J connectivity index is 1.51. The highest BCUT2D eigenvalue weighted by Crippen LogP contribution is 2.31. The van der Waals surface area contributed by atoms with Crippen LogP contribution in [0.3, 0.4) is 0 Å². The minimum atomic E-state index is 0.0855. The zero-order valence-corrected chi connectivity index (χ0v) is 18.1. The van der Waals surface area contributed by atoms with Crippen molar-refractivity contribution in [3.8, 4) is 11.4 Å². The zero-order chi connectivity index (χ0) is 21.2. The van der Waals surface area contributed by atoms with Crippen molar-refractivity contribution in [2.24, 2.45) is 0 Å². The number of fused-ring (bicyclic) bond motifs is 1. The average Bonchev–Trinajstić information content (AvgIpc) is 2.84. The molecule has 3 aromatic rings. The van der Waals surface area contributed by atoms with Gasteiger partial charge in [-0.3, -0.25) is 4.79 Å². The molecule has 2 aromatic carbocycles. The maximum Gasteiger partial charge on any atom is 0.254 e. The van der Waals surface area contributed by atoms with E-state index in [4.69, 9.17) is 9.97 Å². The Kier molecular flexibility index (Phi) is 5.41. The SMILES string of the molecule is Cc1ccc(C(=O)N2CCc3nc(-c4ccccc4)nc(N4CCCCC4)c3C2)cc1. The van der Waals surface area contributed by atoms with Crippen molar-refractivity contribution in [1.29, 1.82) is 0 Å². The molecule has 0 aliphatic carbocycles. The largest absolute Gasteiger partial charge is 0.356 e. The predicted octanol–water partition coefficient (Wildman–Crippen LogP) is 4.64. The van der Waals surface area contributed by atoms with Gasteiger partial charge in [0.25, 0.3) is 5.91 Å². The standard InChI is InChI=1S/C26H28N4O/c1-19-10-12-21(13-11-19)26(31)30-17-14-23-22(18-30)25(29-15-6-3-7-16-29)28-24(27-23)20-8-4-2-5-9-20/h2,4-5,8-13H,3,6-7,14-18H2,1H3. The molecule has 1 saturated heterocycles. The molecule has 2 aliphatic heterocycles. The van der Waals surface area contributed by atoms with Crippen LogP contribution in [0.25, 0.3) is 11.4 Å². The van der Waals surface area contributed by atoms with E-state index in [1.807, 2.05) is 54.3 Å². The van der Waals surface area contributed by atoms with E-state index in [1.54, 1.807) is 0 Å². The number of anilines is 1. The molecule has 5 rings (SSSR count). The number of aryl methyl sites for hydroxylation is 1. The Morgan fingerprint density at radius 1 is 0.871 bits per heavy atom. The molecular weight excluding hydrogens is 384 g/mol. The molecule has 0 saturated carbocycles. The lowest BCUT2D eigenvalue weighted by Gasteiger charge is -2.34. The molecule has 158 valence electrons. The Bertz CT molecular complexity index is 1070. The van der Waals surface area contributed by atoms with Gasteiger partial charge in [0.1, 0.15) is 5.82 Å². The molecule has 1 amide bonds. The first kappa shape index (κ1) is 19.7. The highest BCUT2D eigenvalue weighted by atomic mass is 16.2. The van der Waals surface area contributed by atoms with Crippen molar-refractivity contribution in [2.45, 2.75) is 39.2 Å². The Hall–Kier alpha value is -3.21. The topological polar surface area (TPSA) is 49.3 Å². The first-order valence-electron chi connectivity index (χ1n) is 11.2.